The summed E-state index contributed by atoms with van der Waals surface area (Å²) in [5.41, 5.74) is 6.72. The van der Waals surface area contributed by atoms with Gasteiger partial charge in [-0.1, -0.05) is 24.3 Å². The minimum Gasteiger partial charge on any atom is -0.398 e. The van der Waals surface area contributed by atoms with Crippen molar-refractivity contribution in [1.82, 2.24) is 10.2 Å². The third kappa shape index (κ3) is 3.13. The molecule has 0 saturated carbocycles. The van der Waals surface area contributed by atoms with E-state index < -0.39 is 6.04 Å². The number of nitrogens with one attached hydrogen (secondary N) is 1. The van der Waals surface area contributed by atoms with E-state index in [1.165, 1.54) is 4.90 Å². The zero-order valence-corrected chi connectivity index (χ0v) is 12.4. The summed E-state index contributed by atoms with van der Waals surface area (Å²) in [4.78, 5) is 25.5. The van der Waals surface area contributed by atoms with Gasteiger partial charge in [0.05, 0.1) is 5.56 Å². The highest BCUT2D eigenvalue weighted by Gasteiger charge is 2.19. The highest BCUT2D eigenvalue weighted by Crippen LogP contribution is 2.21. The highest BCUT2D eigenvalue weighted by molar-refractivity contribution is 6.05. The molecule has 1 atom stereocenters. The van der Waals surface area contributed by atoms with Crippen LogP contribution in [0.4, 0.5) is 5.69 Å². The largest absolute Gasteiger partial charge is 0.398 e. The van der Waals surface area contributed by atoms with Crippen molar-refractivity contribution in [3.63, 3.8) is 0 Å². The number of likely N-dealkylation sites (N-methyl/N-ethyl adjacent to an activating group) is 1. The molecule has 3 N–H and O–H groups in total. The molecule has 0 aliphatic rings. The third-order valence-electron chi connectivity index (χ3n) is 3.32. The maximum Gasteiger partial charge on any atom is 0.254 e. The minimum atomic E-state index is -0.599. The average Bonchev–Trinajstić information content (AvgIpc) is 2.45. The summed E-state index contributed by atoms with van der Waals surface area (Å²) in [6.07, 6.45) is 0. The molecule has 5 nitrogen and oxygen atoms in total. The average molecular weight is 285 g/mol. The molecule has 2 aromatic rings. The van der Waals surface area contributed by atoms with Gasteiger partial charge in [-0.3, -0.25) is 9.59 Å². The first-order valence-corrected chi connectivity index (χ1v) is 6.70. The molecule has 110 valence electrons. The van der Waals surface area contributed by atoms with Crippen LogP contribution in [0.1, 0.15) is 17.3 Å². The monoisotopic (exact) mass is 285 g/mol. The maximum absolute atomic E-state index is 12.3. The van der Waals surface area contributed by atoms with E-state index in [2.05, 4.69) is 5.32 Å². The van der Waals surface area contributed by atoms with Gasteiger partial charge >= 0.3 is 0 Å². The normalized spacial score (nSPS) is 12.0. The Labute approximate surface area is 123 Å². The van der Waals surface area contributed by atoms with Gasteiger partial charge in [-0.05, 0) is 29.8 Å². The van der Waals surface area contributed by atoms with Gasteiger partial charge in [0, 0.05) is 19.8 Å². The van der Waals surface area contributed by atoms with Gasteiger partial charge in [0.15, 0.2) is 0 Å². The third-order valence-corrected chi connectivity index (χ3v) is 3.32. The summed E-state index contributed by atoms with van der Waals surface area (Å²) in [5, 5.41) is 4.58. The Morgan fingerprint density at radius 1 is 1.14 bits per heavy atom. The number of nitrogens with two attached hydrogens (primary N) is 1. The number of anilines is 1. The fourth-order valence-electron chi connectivity index (χ4n) is 2.18. The van der Waals surface area contributed by atoms with Gasteiger partial charge < -0.3 is 16.0 Å². The molecule has 0 aromatic heterocycles. The molecule has 0 radical (unpaired) electrons. The van der Waals surface area contributed by atoms with E-state index in [4.69, 9.17) is 5.73 Å². The van der Waals surface area contributed by atoms with Crippen LogP contribution in [0.5, 0.6) is 0 Å². The number of nitrogen functional groups attached to an aromatic ring is 1. The van der Waals surface area contributed by atoms with Crippen molar-refractivity contribution >= 4 is 28.3 Å². The first-order chi connectivity index (χ1) is 9.90. The Kier molecular flexibility index (Phi) is 4.12. The summed E-state index contributed by atoms with van der Waals surface area (Å²) in [6.45, 7) is 1.65. The van der Waals surface area contributed by atoms with Crippen LogP contribution in [0.25, 0.3) is 10.8 Å². The second kappa shape index (κ2) is 5.83. The Balaban J connectivity index is 2.27. The molecule has 0 bridgehead atoms. The SMILES string of the molecule is CC(NC(=O)c1cc2ccccc2cc1N)C(=O)N(C)C. The number of amides is 2. The lowest BCUT2D eigenvalue weighted by Gasteiger charge is -2.18. The van der Waals surface area contributed by atoms with Crippen molar-refractivity contribution < 1.29 is 9.59 Å². The Hall–Kier alpha value is -2.56. The summed E-state index contributed by atoms with van der Waals surface area (Å²) in [5.74, 6) is -0.510. The number of rotatable bonds is 3. The molecule has 0 spiro atoms. The van der Waals surface area contributed by atoms with Gasteiger partial charge in [0.1, 0.15) is 6.04 Å². The molecule has 1 unspecified atom stereocenters. The van der Waals surface area contributed by atoms with E-state index >= 15 is 0 Å². The smallest absolute Gasteiger partial charge is 0.254 e. The van der Waals surface area contributed by atoms with Crippen molar-refractivity contribution in [2.45, 2.75) is 13.0 Å². The van der Waals surface area contributed by atoms with Crippen LogP contribution in [-0.2, 0) is 4.79 Å². The quantitative estimate of drug-likeness (QED) is 0.842. The van der Waals surface area contributed by atoms with Gasteiger partial charge in [0.2, 0.25) is 5.91 Å². The summed E-state index contributed by atoms with van der Waals surface area (Å²) in [7, 11) is 3.30. The van der Waals surface area contributed by atoms with Crippen molar-refractivity contribution in [3.8, 4) is 0 Å². The van der Waals surface area contributed by atoms with Gasteiger partial charge in [0.25, 0.3) is 5.91 Å². The standard InChI is InChI=1S/C16H19N3O2/c1-10(16(21)19(2)3)18-15(20)13-8-11-6-4-5-7-12(11)9-14(13)17/h4-10H,17H2,1-3H3,(H,18,20). The van der Waals surface area contributed by atoms with E-state index in [0.29, 0.717) is 11.3 Å². The van der Waals surface area contributed by atoms with Gasteiger partial charge in [-0.2, -0.15) is 0 Å². The number of hydrogen-bond donors (Lipinski definition) is 2. The molecule has 0 saturated heterocycles. The van der Waals surface area contributed by atoms with Crippen LogP contribution >= 0.6 is 0 Å². The van der Waals surface area contributed by atoms with Gasteiger partial charge in [-0.15, -0.1) is 0 Å². The molecule has 2 aromatic carbocycles. The first-order valence-electron chi connectivity index (χ1n) is 6.70. The summed E-state index contributed by atoms with van der Waals surface area (Å²) >= 11 is 0. The van der Waals surface area contributed by atoms with E-state index in [1.54, 1.807) is 33.2 Å². The summed E-state index contributed by atoms with van der Waals surface area (Å²) in [6, 6.07) is 10.6. The van der Waals surface area contributed by atoms with Crippen molar-refractivity contribution in [3.05, 3.63) is 42.0 Å². The van der Waals surface area contributed by atoms with Crippen LogP contribution in [0.2, 0.25) is 0 Å². The molecule has 0 aliphatic heterocycles. The lowest BCUT2D eigenvalue weighted by Crippen LogP contribution is -2.44. The molecule has 2 amide bonds. The maximum atomic E-state index is 12.3. The number of carbonyl (C=O) groups is 2. The molecule has 21 heavy (non-hydrogen) atoms. The fourth-order valence-corrected chi connectivity index (χ4v) is 2.18. The number of carbonyl (C=O) groups excluding carboxylic acids is 2. The molecular weight excluding hydrogens is 266 g/mol. The van der Waals surface area contributed by atoms with E-state index in [1.807, 2.05) is 24.3 Å². The number of benzene rings is 2. The number of nitrogens with zero attached hydrogens (tertiary/aromatic N) is 1. The van der Waals surface area contributed by atoms with Crippen LogP contribution in [0, 0.1) is 0 Å². The van der Waals surface area contributed by atoms with E-state index in [0.717, 1.165) is 10.8 Å². The van der Waals surface area contributed by atoms with Crippen molar-refractivity contribution in [1.29, 1.82) is 0 Å². The van der Waals surface area contributed by atoms with Crippen LogP contribution in [0.3, 0.4) is 0 Å². The topological polar surface area (TPSA) is 75.4 Å². The molecular formula is C16H19N3O2. The van der Waals surface area contributed by atoms with Crippen molar-refractivity contribution in [2.24, 2.45) is 0 Å². The van der Waals surface area contributed by atoms with Crippen LogP contribution in [0.15, 0.2) is 36.4 Å². The molecule has 0 aliphatic carbocycles. The van der Waals surface area contributed by atoms with Crippen molar-refractivity contribution in [2.75, 3.05) is 19.8 Å². The lowest BCUT2D eigenvalue weighted by atomic mass is 10.0. The predicted octanol–water partition coefficient (Wildman–Crippen LogP) is 1.63. The highest BCUT2D eigenvalue weighted by atomic mass is 16.2. The van der Waals surface area contributed by atoms with E-state index in [-0.39, 0.29) is 11.8 Å². The van der Waals surface area contributed by atoms with Crippen LogP contribution < -0.4 is 11.1 Å². The Morgan fingerprint density at radius 2 is 1.71 bits per heavy atom. The predicted molar refractivity (Wildman–Crippen MR) is 84.0 cm³/mol. The van der Waals surface area contributed by atoms with E-state index in [9.17, 15) is 9.59 Å². The molecule has 2 rings (SSSR count). The van der Waals surface area contributed by atoms with Gasteiger partial charge in [-0.25, -0.2) is 0 Å². The zero-order chi connectivity index (χ0) is 15.6. The second-order valence-corrected chi connectivity index (χ2v) is 5.21. The zero-order valence-electron chi connectivity index (χ0n) is 12.4. The molecule has 5 heteroatoms. The second-order valence-electron chi connectivity index (χ2n) is 5.21. The lowest BCUT2D eigenvalue weighted by molar-refractivity contribution is -0.130. The number of fused-ring (bicyclic) bond motifs is 1. The minimum absolute atomic E-state index is 0.164. The fraction of sp³-hybridized carbons (Fsp3) is 0.250. The number of hydrogen-bond acceptors (Lipinski definition) is 3. The summed E-state index contributed by atoms with van der Waals surface area (Å²) < 4.78 is 0. The van der Waals surface area contributed by atoms with Crippen LogP contribution in [-0.4, -0.2) is 36.9 Å². The Bertz CT molecular complexity index is 695. The Morgan fingerprint density at radius 3 is 2.29 bits per heavy atom. The first kappa shape index (κ1) is 14.8. The molecule has 0 heterocycles. The molecule has 0 fully saturated rings.